The highest BCUT2D eigenvalue weighted by Crippen LogP contribution is 2.50. The number of phosphoric acid groups is 1. The van der Waals surface area contributed by atoms with E-state index in [-0.39, 0.29) is 34.9 Å². The lowest BCUT2D eigenvalue weighted by molar-refractivity contribution is 0.116. The minimum absolute atomic E-state index is 0.0674. The van der Waals surface area contributed by atoms with Crippen molar-refractivity contribution in [2.75, 3.05) is 19.8 Å². The van der Waals surface area contributed by atoms with Gasteiger partial charge in [-0.05, 0) is 6.92 Å². The first-order valence-corrected chi connectivity index (χ1v) is 8.94. The van der Waals surface area contributed by atoms with E-state index >= 15 is 0 Å². The van der Waals surface area contributed by atoms with Gasteiger partial charge in [0.15, 0.2) is 0 Å². The second kappa shape index (κ2) is 9.29. The minimum Gasteiger partial charge on any atom is -0.286 e. The Hall–Kier alpha value is 1.36. The molecule has 0 saturated heterocycles. The lowest BCUT2D eigenvalue weighted by atomic mass is 10.5. The van der Waals surface area contributed by atoms with Crippen molar-refractivity contribution in [3.05, 3.63) is 0 Å². The second-order valence-corrected chi connectivity index (χ2v) is 9.22. The summed E-state index contributed by atoms with van der Waals surface area (Å²) in [4.78, 5) is 0.135. The van der Waals surface area contributed by atoms with Crippen LogP contribution >= 0.6 is 51.3 Å². The van der Waals surface area contributed by atoms with E-state index in [9.17, 15) is 4.57 Å². The van der Waals surface area contributed by atoms with Crippen molar-refractivity contribution >= 4 is 51.3 Å². The van der Waals surface area contributed by atoms with Crippen molar-refractivity contribution in [2.45, 2.75) is 35.8 Å². The highest BCUT2D eigenvalue weighted by molar-refractivity contribution is 9.09. The molecule has 4 nitrogen and oxygen atoms in total. The Morgan fingerprint density at radius 3 is 1.65 bits per heavy atom. The van der Waals surface area contributed by atoms with Crippen LogP contribution in [-0.4, -0.2) is 34.9 Å². The number of rotatable bonds is 9. The molecule has 0 amide bonds. The molecule has 0 spiro atoms. The molecule has 8 heteroatoms. The van der Waals surface area contributed by atoms with Crippen LogP contribution < -0.4 is 0 Å². The number of phosphoric ester groups is 1. The summed E-state index contributed by atoms with van der Waals surface area (Å²) in [6.45, 7) is 6.09. The molecule has 0 aliphatic heterocycles. The van der Waals surface area contributed by atoms with Gasteiger partial charge in [-0.15, -0.1) is 11.6 Å². The SMILES string of the molecule is CC(Cl)COP(=O)(OCC(C)Br)OCC(C)Br. The van der Waals surface area contributed by atoms with Crippen LogP contribution in [0.4, 0.5) is 0 Å². The molecule has 0 saturated carbocycles. The fourth-order valence-corrected chi connectivity index (χ4v) is 2.96. The standard InChI is InChI=1S/C9H18Br2ClO4P/c1-7(10)4-14-17(13,15-5-8(2)11)16-6-9(3)12/h7-9H,4-6H2,1-3H3. The number of hydrogen-bond donors (Lipinski definition) is 0. The Kier molecular flexibility index (Phi) is 10.0. The van der Waals surface area contributed by atoms with Crippen LogP contribution in [0.2, 0.25) is 0 Å². The van der Waals surface area contributed by atoms with Crippen LogP contribution in [0.15, 0.2) is 0 Å². The van der Waals surface area contributed by atoms with Crippen molar-refractivity contribution in [1.82, 2.24) is 0 Å². The lowest BCUT2D eigenvalue weighted by Gasteiger charge is -2.19. The van der Waals surface area contributed by atoms with Crippen LogP contribution in [-0.2, 0) is 18.1 Å². The molecule has 17 heavy (non-hydrogen) atoms. The summed E-state index contributed by atoms with van der Waals surface area (Å²) in [6.07, 6.45) is 0. The van der Waals surface area contributed by atoms with E-state index < -0.39 is 7.82 Å². The monoisotopic (exact) mass is 414 g/mol. The summed E-state index contributed by atoms with van der Waals surface area (Å²) in [5.41, 5.74) is 0. The maximum Gasteiger partial charge on any atom is 0.474 e. The van der Waals surface area contributed by atoms with Crippen molar-refractivity contribution < 1.29 is 18.1 Å². The van der Waals surface area contributed by atoms with Crippen LogP contribution in [0.1, 0.15) is 20.8 Å². The molecule has 0 heterocycles. The van der Waals surface area contributed by atoms with Crippen molar-refractivity contribution in [3.8, 4) is 0 Å². The van der Waals surface area contributed by atoms with Gasteiger partial charge in [0.1, 0.15) is 0 Å². The summed E-state index contributed by atoms with van der Waals surface area (Å²) in [7, 11) is -3.53. The number of hydrogen-bond acceptors (Lipinski definition) is 4. The van der Waals surface area contributed by atoms with Gasteiger partial charge in [-0.3, -0.25) is 13.6 Å². The normalized spacial score (nSPS) is 20.6. The maximum absolute atomic E-state index is 12.2. The fraction of sp³-hybridized carbons (Fsp3) is 1.00. The molecule has 0 aromatic rings. The van der Waals surface area contributed by atoms with E-state index in [1.807, 2.05) is 13.8 Å². The zero-order valence-electron chi connectivity index (χ0n) is 10.1. The first-order valence-electron chi connectivity index (χ1n) is 5.21. The Morgan fingerprint density at radius 1 is 1.00 bits per heavy atom. The van der Waals surface area contributed by atoms with Crippen LogP contribution in [0.5, 0.6) is 0 Å². The Morgan fingerprint density at radius 2 is 1.35 bits per heavy atom. The minimum atomic E-state index is -3.53. The van der Waals surface area contributed by atoms with Gasteiger partial charge in [-0.1, -0.05) is 45.7 Å². The molecule has 0 fully saturated rings. The zero-order valence-corrected chi connectivity index (χ0v) is 14.9. The summed E-state index contributed by atoms with van der Waals surface area (Å²) >= 11 is 12.3. The van der Waals surface area contributed by atoms with Crippen molar-refractivity contribution in [1.29, 1.82) is 0 Å². The fourth-order valence-electron chi connectivity index (χ4n) is 0.694. The molecular weight excluding hydrogens is 398 g/mol. The maximum atomic E-state index is 12.2. The molecule has 0 bridgehead atoms. The third-order valence-electron chi connectivity index (χ3n) is 1.39. The van der Waals surface area contributed by atoms with E-state index in [0.29, 0.717) is 0 Å². The van der Waals surface area contributed by atoms with E-state index in [1.54, 1.807) is 6.92 Å². The van der Waals surface area contributed by atoms with E-state index in [2.05, 4.69) is 31.9 Å². The molecule has 104 valence electrons. The first-order chi connectivity index (χ1) is 7.75. The average Bonchev–Trinajstić information content (AvgIpc) is 2.21. The number of alkyl halides is 3. The molecule has 0 aromatic carbocycles. The summed E-state index contributed by atoms with van der Waals surface area (Å²) in [5.74, 6) is 0. The van der Waals surface area contributed by atoms with Gasteiger partial charge in [-0.2, -0.15) is 0 Å². The highest BCUT2D eigenvalue weighted by atomic mass is 79.9. The third kappa shape index (κ3) is 10.9. The van der Waals surface area contributed by atoms with Crippen molar-refractivity contribution in [2.24, 2.45) is 0 Å². The van der Waals surface area contributed by atoms with Crippen LogP contribution in [0, 0.1) is 0 Å². The van der Waals surface area contributed by atoms with E-state index in [1.165, 1.54) is 0 Å². The largest absolute Gasteiger partial charge is 0.474 e. The van der Waals surface area contributed by atoms with Gasteiger partial charge < -0.3 is 0 Å². The molecule has 0 aliphatic carbocycles. The molecule has 3 atom stereocenters. The predicted molar refractivity (Wildman–Crippen MR) is 77.6 cm³/mol. The smallest absolute Gasteiger partial charge is 0.286 e. The Labute approximate surface area is 125 Å². The van der Waals surface area contributed by atoms with Gasteiger partial charge in [0, 0.05) is 9.65 Å². The second-order valence-electron chi connectivity index (χ2n) is 3.68. The molecule has 3 unspecified atom stereocenters. The molecule has 0 aromatic heterocycles. The average molecular weight is 416 g/mol. The van der Waals surface area contributed by atoms with Crippen LogP contribution in [0.25, 0.3) is 0 Å². The van der Waals surface area contributed by atoms with E-state index in [4.69, 9.17) is 25.2 Å². The molecular formula is C9H18Br2ClO4P. The van der Waals surface area contributed by atoms with Gasteiger partial charge in [0.05, 0.1) is 25.2 Å². The Bertz CT molecular complexity index is 213. The third-order valence-corrected chi connectivity index (χ3v) is 3.44. The molecule has 0 N–H and O–H groups in total. The summed E-state index contributed by atoms with van der Waals surface area (Å²) < 4.78 is 27.6. The Balaban J connectivity index is 4.29. The topological polar surface area (TPSA) is 44.8 Å². The van der Waals surface area contributed by atoms with Crippen LogP contribution in [0.3, 0.4) is 0 Å². The molecule has 0 aliphatic rings. The highest BCUT2D eigenvalue weighted by Gasteiger charge is 2.28. The van der Waals surface area contributed by atoms with Gasteiger partial charge in [-0.25, -0.2) is 4.57 Å². The quantitative estimate of drug-likeness (QED) is 0.414. The van der Waals surface area contributed by atoms with Gasteiger partial charge in [0.25, 0.3) is 0 Å². The molecule has 0 radical (unpaired) electrons. The van der Waals surface area contributed by atoms with Crippen molar-refractivity contribution in [3.63, 3.8) is 0 Å². The van der Waals surface area contributed by atoms with Gasteiger partial charge >= 0.3 is 7.82 Å². The summed E-state index contributed by atoms with van der Waals surface area (Å²) in [6, 6.07) is 0. The first kappa shape index (κ1) is 18.4. The molecule has 0 rings (SSSR count). The number of halogens is 3. The summed E-state index contributed by atoms with van der Waals surface area (Å²) in [5, 5.41) is -0.252. The van der Waals surface area contributed by atoms with Gasteiger partial charge in [0.2, 0.25) is 0 Å². The zero-order chi connectivity index (χ0) is 13.5. The predicted octanol–water partition coefficient (Wildman–Crippen LogP) is 4.34. The lowest BCUT2D eigenvalue weighted by Crippen LogP contribution is -2.12. The van der Waals surface area contributed by atoms with E-state index in [0.717, 1.165) is 0 Å².